The van der Waals surface area contributed by atoms with Crippen molar-refractivity contribution in [1.29, 1.82) is 0 Å². The first kappa shape index (κ1) is 13.6. The lowest BCUT2D eigenvalue weighted by molar-refractivity contribution is 0.379. The number of sulfone groups is 1. The number of nitrogens with zero attached hydrogens (tertiary/aromatic N) is 2. The number of nitrogens with one attached hydrogen (secondary N) is 1. The van der Waals surface area contributed by atoms with Crippen molar-refractivity contribution in [1.82, 2.24) is 10.3 Å². The fraction of sp³-hybridized carbons (Fsp3) is 0.909. The smallest absolute Gasteiger partial charge is 0.208 e. The van der Waals surface area contributed by atoms with E-state index in [1.807, 2.05) is 11.9 Å². The van der Waals surface area contributed by atoms with Gasteiger partial charge < -0.3 is 4.90 Å². The number of aliphatic imine (C=N–C) groups is 1. The van der Waals surface area contributed by atoms with Gasteiger partial charge in [-0.2, -0.15) is 0 Å². The number of hydrogen-bond donors (Lipinski definition) is 2. The van der Waals surface area contributed by atoms with Crippen LogP contribution in [0.2, 0.25) is 0 Å². The first-order valence-corrected chi connectivity index (χ1v) is 8.31. The van der Waals surface area contributed by atoms with Crippen LogP contribution in [0.5, 0.6) is 0 Å². The molecule has 0 spiro atoms. The fourth-order valence-electron chi connectivity index (χ4n) is 2.69. The summed E-state index contributed by atoms with van der Waals surface area (Å²) in [6.45, 7) is 0. The van der Waals surface area contributed by atoms with Crippen LogP contribution in [-0.4, -0.2) is 49.9 Å². The van der Waals surface area contributed by atoms with Crippen molar-refractivity contribution in [3.63, 3.8) is 0 Å². The summed E-state index contributed by atoms with van der Waals surface area (Å²) in [6, 6.07) is 0.322. The van der Waals surface area contributed by atoms with Gasteiger partial charge in [-0.3, -0.25) is 5.43 Å². The van der Waals surface area contributed by atoms with Gasteiger partial charge in [-0.05, 0) is 19.3 Å². The molecule has 6 nitrogen and oxygen atoms in total. The quantitative estimate of drug-likeness (QED) is 0.317. The minimum atomic E-state index is -2.87. The molecule has 104 valence electrons. The molecular weight excluding hydrogens is 252 g/mol. The molecule has 18 heavy (non-hydrogen) atoms. The largest absolute Gasteiger partial charge is 0.341 e. The highest BCUT2D eigenvalue weighted by atomic mass is 32.2. The molecule has 3 N–H and O–H groups in total. The molecule has 1 heterocycles. The van der Waals surface area contributed by atoms with Crippen LogP contribution in [0.4, 0.5) is 0 Å². The number of nitrogens with two attached hydrogens (primary N) is 1. The lowest BCUT2D eigenvalue weighted by Gasteiger charge is -2.27. The van der Waals surface area contributed by atoms with Crippen LogP contribution in [0.25, 0.3) is 0 Å². The van der Waals surface area contributed by atoms with Crippen molar-refractivity contribution < 1.29 is 8.42 Å². The summed E-state index contributed by atoms with van der Waals surface area (Å²) in [5.74, 6) is 6.60. The lowest BCUT2D eigenvalue weighted by atomic mass is 10.2. The van der Waals surface area contributed by atoms with Crippen LogP contribution in [0, 0.1) is 0 Å². The molecule has 2 fully saturated rings. The van der Waals surface area contributed by atoms with E-state index in [1.165, 1.54) is 12.8 Å². The second-order valence-corrected chi connectivity index (χ2v) is 7.43. The molecule has 1 aliphatic heterocycles. The number of guanidine groups is 1. The molecule has 0 bridgehead atoms. The van der Waals surface area contributed by atoms with Crippen LogP contribution >= 0.6 is 0 Å². The molecule has 2 rings (SSSR count). The van der Waals surface area contributed by atoms with Crippen molar-refractivity contribution in [2.75, 3.05) is 18.6 Å². The summed E-state index contributed by atoms with van der Waals surface area (Å²) in [4.78, 5) is 6.48. The van der Waals surface area contributed by atoms with Gasteiger partial charge in [0.15, 0.2) is 9.84 Å². The molecule has 1 saturated heterocycles. The lowest BCUT2D eigenvalue weighted by Crippen LogP contribution is -2.48. The molecule has 0 aromatic rings. The highest BCUT2D eigenvalue weighted by Crippen LogP contribution is 2.22. The maximum absolute atomic E-state index is 11.5. The highest BCUT2D eigenvalue weighted by molar-refractivity contribution is 7.91. The molecule has 2 aliphatic rings. The van der Waals surface area contributed by atoms with Crippen molar-refractivity contribution in [2.45, 2.75) is 44.2 Å². The normalized spacial score (nSPS) is 28.6. The molecule has 0 amide bonds. The van der Waals surface area contributed by atoms with Gasteiger partial charge in [0.25, 0.3) is 0 Å². The third-order valence-corrected chi connectivity index (χ3v) is 5.60. The Hall–Kier alpha value is -0.820. The topological polar surface area (TPSA) is 87.8 Å². The monoisotopic (exact) mass is 274 g/mol. The Labute approximate surface area is 109 Å². The standard InChI is InChI=1S/C11H22N4O2S/c1-15(10-6-7-18(16,17)8-10)11(14-12)13-9-4-2-3-5-9/h9-10H,2-8,12H2,1H3,(H,13,14). The summed E-state index contributed by atoms with van der Waals surface area (Å²) in [7, 11) is -1.01. The number of hydrogen-bond acceptors (Lipinski definition) is 4. The average Bonchev–Trinajstić information content (AvgIpc) is 2.94. The van der Waals surface area contributed by atoms with Crippen LogP contribution in [-0.2, 0) is 9.84 Å². The van der Waals surface area contributed by atoms with E-state index >= 15 is 0 Å². The van der Waals surface area contributed by atoms with E-state index in [1.54, 1.807) is 0 Å². The summed E-state index contributed by atoms with van der Waals surface area (Å²) in [5.41, 5.74) is 2.61. The summed E-state index contributed by atoms with van der Waals surface area (Å²) < 4.78 is 23.0. The van der Waals surface area contributed by atoms with E-state index in [4.69, 9.17) is 5.84 Å². The maximum Gasteiger partial charge on any atom is 0.208 e. The van der Waals surface area contributed by atoms with Crippen molar-refractivity contribution in [3.8, 4) is 0 Å². The van der Waals surface area contributed by atoms with E-state index in [0.717, 1.165) is 12.8 Å². The van der Waals surface area contributed by atoms with Gasteiger partial charge in [0.05, 0.1) is 17.5 Å². The Bertz CT molecular complexity index is 415. The Kier molecular flexibility index (Phi) is 4.11. The molecule has 1 unspecified atom stereocenters. The van der Waals surface area contributed by atoms with Gasteiger partial charge >= 0.3 is 0 Å². The van der Waals surface area contributed by atoms with Gasteiger partial charge in [-0.1, -0.05) is 12.8 Å². The number of hydrazine groups is 1. The van der Waals surface area contributed by atoms with E-state index in [-0.39, 0.29) is 17.5 Å². The molecular formula is C11H22N4O2S. The van der Waals surface area contributed by atoms with Gasteiger partial charge in [0, 0.05) is 13.1 Å². The second-order valence-electron chi connectivity index (χ2n) is 5.20. The zero-order valence-electron chi connectivity index (χ0n) is 10.8. The van der Waals surface area contributed by atoms with Crippen LogP contribution in [0.1, 0.15) is 32.1 Å². The van der Waals surface area contributed by atoms with Crippen molar-refractivity contribution in [2.24, 2.45) is 10.8 Å². The van der Waals surface area contributed by atoms with Crippen molar-refractivity contribution >= 4 is 15.8 Å². The first-order valence-electron chi connectivity index (χ1n) is 6.49. The average molecular weight is 274 g/mol. The van der Waals surface area contributed by atoms with Gasteiger partial charge in [0.1, 0.15) is 0 Å². The zero-order valence-corrected chi connectivity index (χ0v) is 11.6. The Morgan fingerprint density at radius 1 is 1.33 bits per heavy atom. The Morgan fingerprint density at radius 2 is 2.00 bits per heavy atom. The summed E-state index contributed by atoms with van der Waals surface area (Å²) >= 11 is 0. The minimum absolute atomic E-state index is 0.00815. The maximum atomic E-state index is 11.5. The van der Waals surface area contributed by atoms with E-state index in [0.29, 0.717) is 18.4 Å². The van der Waals surface area contributed by atoms with E-state index in [9.17, 15) is 8.42 Å². The van der Waals surface area contributed by atoms with Gasteiger partial charge in [0.2, 0.25) is 5.96 Å². The van der Waals surface area contributed by atoms with Gasteiger partial charge in [-0.25, -0.2) is 19.3 Å². The van der Waals surface area contributed by atoms with Crippen LogP contribution in [0.15, 0.2) is 4.99 Å². The molecule has 0 aromatic carbocycles. The van der Waals surface area contributed by atoms with Crippen LogP contribution in [0.3, 0.4) is 0 Å². The van der Waals surface area contributed by atoms with E-state index in [2.05, 4.69) is 10.4 Å². The summed E-state index contributed by atoms with van der Waals surface area (Å²) in [6.07, 6.45) is 5.29. The third-order valence-electron chi connectivity index (χ3n) is 3.85. The predicted octanol–water partition coefficient (Wildman–Crippen LogP) is -0.133. The Balaban J connectivity index is 2.03. The molecule has 1 atom stereocenters. The Morgan fingerprint density at radius 3 is 2.50 bits per heavy atom. The molecule has 0 aromatic heterocycles. The molecule has 0 radical (unpaired) electrons. The molecule has 1 aliphatic carbocycles. The van der Waals surface area contributed by atoms with Crippen LogP contribution < -0.4 is 11.3 Å². The second kappa shape index (κ2) is 5.44. The number of rotatable bonds is 2. The minimum Gasteiger partial charge on any atom is -0.341 e. The van der Waals surface area contributed by atoms with Crippen molar-refractivity contribution in [3.05, 3.63) is 0 Å². The summed E-state index contributed by atoms with van der Waals surface area (Å²) in [5, 5.41) is 0. The third kappa shape index (κ3) is 3.14. The first-order chi connectivity index (χ1) is 8.52. The molecule has 1 saturated carbocycles. The fourth-order valence-corrected chi connectivity index (χ4v) is 4.46. The SMILES string of the molecule is CN(C(=NC1CCCC1)NN)C1CCS(=O)(=O)C1. The van der Waals surface area contributed by atoms with E-state index < -0.39 is 9.84 Å². The molecule has 7 heteroatoms. The zero-order chi connectivity index (χ0) is 13.2. The predicted molar refractivity (Wildman–Crippen MR) is 71.8 cm³/mol. The highest BCUT2D eigenvalue weighted by Gasteiger charge is 2.32. The van der Waals surface area contributed by atoms with Gasteiger partial charge in [-0.15, -0.1) is 0 Å².